The molecule has 0 fully saturated rings. The van der Waals surface area contributed by atoms with Crippen LogP contribution in [0.5, 0.6) is 0 Å². The number of hydrogen-bond acceptors (Lipinski definition) is 2. The first-order valence-corrected chi connectivity index (χ1v) is 8.16. The van der Waals surface area contributed by atoms with E-state index in [-0.39, 0.29) is 24.8 Å². The van der Waals surface area contributed by atoms with Crippen molar-refractivity contribution in [2.24, 2.45) is 0 Å². The smallest absolute Gasteiger partial charge is 0.239 e. The van der Waals surface area contributed by atoms with Crippen molar-refractivity contribution in [2.75, 3.05) is 6.54 Å². The van der Waals surface area contributed by atoms with E-state index in [2.05, 4.69) is 26.6 Å². The molecule has 2 amide bonds. The Balaban J connectivity index is 1.74. The molecule has 120 valence electrons. The number of benzene rings is 2. The molecule has 2 rings (SSSR count). The second-order valence-corrected chi connectivity index (χ2v) is 6.17. The highest BCUT2D eigenvalue weighted by Gasteiger charge is 2.08. The molecule has 0 aromatic heterocycles. The van der Waals surface area contributed by atoms with Gasteiger partial charge in [0.25, 0.3) is 0 Å². The maximum Gasteiger partial charge on any atom is 0.239 e. The Morgan fingerprint density at radius 3 is 2.52 bits per heavy atom. The SMILES string of the molecule is Cc1cccc(CNC(=O)CNC(=O)Cc2ccccc2Br)c1. The third-order valence-corrected chi connectivity index (χ3v) is 4.10. The Hall–Kier alpha value is -2.14. The van der Waals surface area contributed by atoms with Crippen molar-refractivity contribution in [3.05, 3.63) is 69.7 Å². The van der Waals surface area contributed by atoms with E-state index in [1.807, 2.05) is 55.5 Å². The van der Waals surface area contributed by atoms with Crippen LogP contribution in [0.25, 0.3) is 0 Å². The van der Waals surface area contributed by atoms with Crippen LogP contribution in [0, 0.1) is 6.92 Å². The van der Waals surface area contributed by atoms with Gasteiger partial charge in [-0.15, -0.1) is 0 Å². The van der Waals surface area contributed by atoms with Crippen LogP contribution in [0.2, 0.25) is 0 Å². The number of aryl methyl sites for hydroxylation is 1. The lowest BCUT2D eigenvalue weighted by atomic mass is 10.1. The number of amides is 2. The van der Waals surface area contributed by atoms with Crippen LogP contribution in [0.15, 0.2) is 53.0 Å². The lowest BCUT2D eigenvalue weighted by Crippen LogP contribution is -2.37. The van der Waals surface area contributed by atoms with Gasteiger partial charge in [0.2, 0.25) is 11.8 Å². The molecular weight excluding hydrogens is 356 g/mol. The number of carbonyl (C=O) groups is 2. The zero-order chi connectivity index (χ0) is 16.7. The molecule has 23 heavy (non-hydrogen) atoms. The summed E-state index contributed by atoms with van der Waals surface area (Å²) in [4.78, 5) is 23.7. The standard InChI is InChI=1S/C18H19BrN2O2/c1-13-5-4-6-14(9-13)11-20-18(23)12-21-17(22)10-15-7-2-3-8-16(15)19/h2-9H,10-12H2,1H3,(H,20,23)(H,21,22). The molecular formula is C18H19BrN2O2. The molecule has 0 radical (unpaired) electrons. The molecule has 0 unspecified atom stereocenters. The van der Waals surface area contributed by atoms with Crippen molar-refractivity contribution < 1.29 is 9.59 Å². The molecule has 0 heterocycles. The summed E-state index contributed by atoms with van der Waals surface area (Å²) in [5.41, 5.74) is 3.08. The minimum atomic E-state index is -0.202. The molecule has 0 aliphatic rings. The molecule has 2 N–H and O–H groups in total. The van der Waals surface area contributed by atoms with Crippen LogP contribution in [-0.2, 0) is 22.6 Å². The summed E-state index contributed by atoms with van der Waals surface area (Å²) in [6.45, 7) is 2.45. The Kier molecular flexibility index (Phi) is 6.35. The first kappa shape index (κ1) is 17.2. The molecule has 0 saturated carbocycles. The summed E-state index contributed by atoms with van der Waals surface area (Å²) in [5.74, 6) is -0.380. The van der Waals surface area contributed by atoms with E-state index in [4.69, 9.17) is 0 Å². The van der Waals surface area contributed by atoms with Crippen LogP contribution >= 0.6 is 15.9 Å². The number of carbonyl (C=O) groups excluding carboxylic acids is 2. The second-order valence-electron chi connectivity index (χ2n) is 5.31. The Morgan fingerprint density at radius 2 is 1.78 bits per heavy atom. The zero-order valence-corrected chi connectivity index (χ0v) is 14.5. The van der Waals surface area contributed by atoms with Crippen molar-refractivity contribution in [1.29, 1.82) is 0 Å². The van der Waals surface area contributed by atoms with Crippen LogP contribution in [-0.4, -0.2) is 18.4 Å². The third-order valence-electron chi connectivity index (χ3n) is 3.33. The van der Waals surface area contributed by atoms with Gasteiger partial charge < -0.3 is 10.6 Å². The van der Waals surface area contributed by atoms with Crippen LogP contribution < -0.4 is 10.6 Å². The van der Waals surface area contributed by atoms with E-state index in [0.717, 1.165) is 21.2 Å². The fourth-order valence-electron chi connectivity index (χ4n) is 2.14. The summed E-state index contributed by atoms with van der Waals surface area (Å²) in [5, 5.41) is 5.43. The fraction of sp³-hybridized carbons (Fsp3) is 0.222. The van der Waals surface area contributed by atoms with Gasteiger partial charge in [-0.05, 0) is 24.1 Å². The van der Waals surface area contributed by atoms with Gasteiger partial charge in [-0.25, -0.2) is 0 Å². The quantitative estimate of drug-likeness (QED) is 0.816. The fourth-order valence-corrected chi connectivity index (χ4v) is 2.57. The van der Waals surface area contributed by atoms with Crippen molar-refractivity contribution in [2.45, 2.75) is 19.9 Å². The van der Waals surface area contributed by atoms with Gasteiger partial charge in [0.15, 0.2) is 0 Å². The van der Waals surface area contributed by atoms with Crippen LogP contribution in [0.3, 0.4) is 0 Å². The molecule has 0 atom stereocenters. The molecule has 4 nitrogen and oxygen atoms in total. The normalized spacial score (nSPS) is 10.2. The molecule has 0 saturated heterocycles. The number of nitrogens with one attached hydrogen (secondary N) is 2. The monoisotopic (exact) mass is 374 g/mol. The molecule has 0 spiro atoms. The summed E-state index contributed by atoms with van der Waals surface area (Å²) < 4.78 is 0.888. The van der Waals surface area contributed by atoms with Crippen molar-refractivity contribution in [1.82, 2.24) is 10.6 Å². The summed E-state index contributed by atoms with van der Waals surface area (Å²) >= 11 is 3.40. The number of rotatable bonds is 6. The zero-order valence-electron chi connectivity index (χ0n) is 12.9. The van der Waals surface area contributed by atoms with Gasteiger partial charge in [0.1, 0.15) is 0 Å². The van der Waals surface area contributed by atoms with E-state index >= 15 is 0 Å². The van der Waals surface area contributed by atoms with E-state index < -0.39 is 0 Å². The topological polar surface area (TPSA) is 58.2 Å². The maximum atomic E-state index is 11.9. The molecule has 0 aliphatic carbocycles. The van der Waals surface area contributed by atoms with Gasteiger partial charge in [-0.2, -0.15) is 0 Å². The van der Waals surface area contributed by atoms with Gasteiger partial charge in [0, 0.05) is 11.0 Å². The van der Waals surface area contributed by atoms with E-state index in [1.54, 1.807) is 0 Å². The van der Waals surface area contributed by atoms with Gasteiger partial charge in [-0.1, -0.05) is 64.0 Å². The lowest BCUT2D eigenvalue weighted by molar-refractivity contribution is -0.125. The number of hydrogen-bond donors (Lipinski definition) is 2. The van der Waals surface area contributed by atoms with Gasteiger partial charge >= 0.3 is 0 Å². The highest BCUT2D eigenvalue weighted by atomic mass is 79.9. The molecule has 0 bridgehead atoms. The van der Waals surface area contributed by atoms with Crippen molar-refractivity contribution >= 4 is 27.7 Å². The third kappa shape index (κ3) is 5.87. The average molecular weight is 375 g/mol. The molecule has 2 aromatic rings. The van der Waals surface area contributed by atoms with Gasteiger partial charge in [0.05, 0.1) is 13.0 Å². The summed E-state index contributed by atoms with van der Waals surface area (Å²) in [7, 11) is 0. The summed E-state index contributed by atoms with van der Waals surface area (Å²) in [6.07, 6.45) is 0.243. The van der Waals surface area contributed by atoms with Crippen molar-refractivity contribution in [3.8, 4) is 0 Å². The van der Waals surface area contributed by atoms with E-state index in [9.17, 15) is 9.59 Å². The predicted molar refractivity (Wildman–Crippen MR) is 93.9 cm³/mol. The van der Waals surface area contributed by atoms with E-state index in [0.29, 0.717) is 6.54 Å². The average Bonchev–Trinajstić information content (AvgIpc) is 2.53. The second kappa shape index (κ2) is 8.48. The first-order chi connectivity index (χ1) is 11.0. The Labute approximate surface area is 144 Å². The molecule has 2 aromatic carbocycles. The lowest BCUT2D eigenvalue weighted by Gasteiger charge is -2.08. The number of halogens is 1. The predicted octanol–water partition coefficient (Wildman–Crippen LogP) is 2.73. The molecule has 5 heteroatoms. The van der Waals surface area contributed by atoms with Crippen LogP contribution in [0.1, 0.15) is 16.7 Å². The van der Waals surface area contributed by atoms with Crippen molar-refractivity contribution in [3.63, 3.8) is 0 Å². The molecule has 0 aliphatic heterocycles. The highest BCUT2D eigenvalue weighted by Crippen LogP contribution is 2.16. The minimum absolute atomic E-state index is 0.0187. The first-order valence-electron chi connectivity index (χ1n) is 7.37. The van der Waals surface area contributed by atoms with E-state index in [1.165, 1.54) is 0 Å². The van der Waals surface area contributed by atoms with Gasteiger partial charge in [-0.3, -0.25) is 9.59 Å². The maximum absolute atomic E-state index is 11.9. The largest absolute Gasteiger partial charge is 0.350 e. The highest BCUT2D eigenvalue weighted by molar-refractivity contribution is 9.10. The summed E-state index contributed by atoms with van der Waals surface area (Å²) in [6, 6.07) is 15.5. The Morgan fingerprint density at radius 1 is 1.00 bits per heavy atom. The van der Waals surface area contributed by atoms with Crippen LogP contribution in [0.4, 0.5) is 0 Å². The minimum Gasteiger partial charge on any atom is -0.350 e. The Bertz CT molecular complexity index is 701.